The van der Waals surface area contributed by atoms with Crippen molar-refractivity contribution in [3.63, 3.8) is 0 Å². The molecule has 0 spiro atoms. The standard InChI is InChI=1S/C27H27N3O5S/c1-32-21-11-10-17(12-20(21)29-27(31)24(28)16-8-6-5-7-9-16)19-15-36-30-25(19)18-13-22(33-2)26(35-4)23(14-18)34-3/h5-15,24H,28H2,1-4H3,(H,29,31)/p+1/t24-/m0/s1. The molecule has 0 fully saturated rings. The van der Waals surface area contributed by atoms with Gasteiger partial charge in [-0.3, -0.25) is 4.79 Å². The zero-order valence-corrected chi connectivity index (χ0v) is 21.3. The van der Waals surface area contributed by atoms with Gasteiger partial charge >= 0.3 is 0 Å². The van der Waals surface area contributed by atoms with Crippen LogP contribution in [0.2, 0.25) is 0 Å². The summed E-state index contributed by atoms with van der Waals surface area (Å²) < 4.78 is 26.6. The second-order valence-electron chi connectivity index (χ2n) is 7.86. The highest BCUT2D eigenvalue weighted by Gasteiger charge is 2.22. The maximum absolute atomic E-state index is 13.0. The van der Waals surface area contributed by atoms with E-state index in [1.165, 1.54) is 11.5 Å². The van der Waals surface area contributed by atoms with Crippen LogP contribution in [-0.4, -0.2) is 38.7 Å². The molecule has 0 aliphatic heterocycles. The van der Waals surface area contributed by atoms with Crippen LogP contribution in [0.1, 0.15) is 11.6 Å². The Balaban J connectivity index is 1.71. The number of methoxy groups -OCH3 is 4. The van der Waals surface area contributed by atoms with Crippen LogP contribution in [0.25, 0.3) is 22.4 Å². The van der Waals surface area contributed by atoms with E-state index in [0.717, 1.165) is 27.9 Å². The van der Waals surface area contributed by atoms with Gasteiger partial charge in [0, 0.05) is 22.1 Å². The van der Waals surface area contributed by atoms with Crippen molar-refractivity contribution in [3.8, 4) is 45.4 Å². The van der Waals surface area contributed by atoms with Crippen LogP contribution in [0.5, 0.6) is 23.0 Å². The van der Waals surface area contributed by atoms with E-state index in [0.29, 0.717) is 28.7 Å². The maximum atomic E-state index is 13.0. The normalized spacial score (nSPS) is 11.5. The van der Waals surface area contributed by atoms with Crippen molar-refractivity contribution < 1.29 is 29.5 Å². The molecular formula is C27H28N3O5S+. The quantitative estimate of drug-likeness (QED) is 0.348. The van der Waals surface area contributed by atoms with Crippen LogP contribution in [0.3, 0.4) is 0 Å². The third-order valence-electron chi connectivity index (χ3n) is 5.79. The Bertz CT molecular complexity index is 1330. The number of aromatic nitrogens is 1. The van der Waals surface area contributed by atoms with E-state index >= 15 is 0 Å². The number of quaternary nitrogens is 1. The van der Waals surface area contributed by atoms with Gasteiger partial charge in [0.2, 0.25) is 5.75 Å². The van der Waals surface area contributed by atoms with Crippen LogP contribution < -0.4 is 30.0 Å². The number of hydrogen-bond acceptors (Lipinski definition) is 7. The van der Waals surface area contributed by atoms with Crippen LogP contribution in [-0.2, 0) is 4.79 Å². The molecule has 1 heterocycles. The average molecular weight is 507 g/mol. The number of benzene rings is 3. The second kappa shape index (κ2) is 11.1. The molecule has 1 atom stereocenters. The predicted octanol–water partition coefficient (Wildman–Crippen LogP) is 4.43. The van der Waals surface area contributed by atoms with Gasteiger partial charge in [0.15, 0.2) is 17.5 Å². The summed E-state index contributed by atoms with van der Waals surface area (Å²) in [6.07, 6.45) is 0. The van der Waals surface area contributed by atoms with E-state index in [9.17, 15) is 4.79 Å². The van der Waals surface area contributed by atoms with Gasteiger partial charge in [0.1, 0.15) is 5.75 Å². The first-order valence-corrected chi connectivity index (χ1v) is 12.0. The number of carbonyl (C=O) groups is 1. The summed E-state index contributed by atoms with van der Waals surface area (Å²) in [6, 6.07) is 18.2. The van der Waals surface area contributed by atoms with Gasteiger partial charge in [-0.25, -0.2) is 0 Å². The first-order chi connectivity index (χ1) is 17.5. The van der Waals surface area contributed by atoms with Crippen LogP contribution in [0.15, 0.2) is 66.0 Å². The van der Waals surface area contributed by atoms with Crippen LogP contribution >= 0.6 is 11.5 Å². The van der Waals surface area contributed by atoms with Crippen molar-refractivity contribution in [1.82, 2.24) is 4.37 Å². The first-order valence-electron chi connectivity index (χ1n) is 11.1. The van der Waals surface area contributed by atoms with Crippen LogP contribution in [0.4, 0.5) is 5.69 Å². The summed E-state index contributed by atoms with van der Waals surface area (Å²) >= 11 is 1.33. The van der Waals surface area contributed by atoms with E-state index in [1.54, 1.807) is 28.4 Å². The Kier molecular flexibility index (Phi) is 7.72. The molecule has 9 heteroatoms. The van der Waals surface area contributed by atoms with Crippen molar-refractivity contribution in [2.24, 2.45) is 0 Å². The summed E-state index contributed by atoms with van der Waals surface area (Å²) in [6.45, 7) is 0. The molecule has 186 valence electrons. The summed E-state index contributed by atoms with van der Waals surface area (Å²) in [5, 5.41) is 4.93. The lowest BCUT2D eigenvalue weighted by atomic mass is 10.00. The number of carbonyl (C=O) groups excluding carboxylic acids is 1. The Hall–Kier alpha value is -4.08. The summed E-state index contributed by atoms with van der Waals surface area (Å²) in [4.78, 5) is 13.0. The van der Waals surface area contributed by atoms with Gasteiger partial charge < -0.3 is 30.0 Å². The van der Waals surface area contributed by atoms with Crippen LogP contribution in [0, 0.1) is 0 Å². The zero-order valence-electron chi connectivity index (χ0n) is 20.5. The molecule has 0 bridgehead atoms. The lowest BCUT2D eigenvalue weighted by Gasteiger charge is -2.15. The molecule has 4 rings (SSSR count). The molecule has 1 amide bonds. The molecule has 0 aliphatic rings. The highest BCUT2D eigenvalue weighted by molar-refractivity contribution is 7.04. The van der Waals surface area contributed by atoms with E-state index in [1.807, 2.05) is 66.0 Å². The summed E-state index contributed by atoms with van der Waals surface area (Å²) in [7, 11) is 6.28. The Morgan fingerprint density at radius 2 is 1.53 bits per heavy atom. The van der Waals surface area contributed by atoms with Gasteiger partial charge in [0.25, 0.3) is 5.91 Å². The zero-order chi connectivity index (χ0) is 25.7. The van der Waals surface area contributed by atoms with E-state index in [2.05, 4.69) is 15.4 Å². The predicted molar refractivity (Wildman–Crippen MR) is 140 cm³/mol. The number of hydrogen-bond donors (Lipinski definition) is 2. The molecule has 4 N–H and O–H groups in total. The molecule has 0 saturated carbocycles. The monoisotopic (exact) mass is 506 g/mol. The van der Waals surface area contributed by atoms with Crippen molar-refractivity contribution >= 4 is 23.1 Å². The Morgan fingerprint density at radius 1 is 0.861 bits per heavy atom. The molecule has 8 nitrogen and oxygen atoms in total. The summed E-state index contributed by atoms with van der Waals surface area (Å²) in [5.41, 5.74) is 8.73. The number of nitrogens with one attached hydrogen (secondary N) is 1. The van der Waals surface area contributed by atoms with Gasteiger partial charge in [-0.15, -0.1) is 0 Å². The highest BCUT2D eigenvalue weighted by atomic mass is 32.1. The van der Waals surface area contributed by atoms with Gasteiger partial charge in [0.05, 0.1) is 39.8 Å². The average Bonchev–Trinajstić information content (AvgIpc) is 3.42. The fraction of sp³-hybridized carbons (Fsp3) is 0.185. The molecule has 0 radical (unpaired) electrons. The molecule has 3 aromatic carbocycles. The molecule has 0 saturated heterocycles. The third kappa shape index (κ3) is 4.98. The molecule has 4 aromatic rings. The van der Waals surface area contributed by atoms with Gasteiger partial charge in [-0.05, 0) is 41.4 Å². The van der Waals surface area contributed by atoms with Crippen molar-refractivity contribution in [2.45, 2.75) is 6.04 Å². The molecule has 1 aromatic heterocycles. The number of anilines is 1. The number of nitrogens with zero attached hydrogens (tertiary/aromatic N) is 1. The molecule has 0 aliphatic carbocycles. The topological polar surface area (TPSA) is 107 Å². The number of ether oxygens (including phenoxy) is 4. The largest absolute Gasteiger partial charge is 0.495 e. The van der Waals surface area contributed by atoms with E-state index < -0.39 is 6.04 Å². The fourth-order valence-electron chi connectivity index (χ4n) is 3.90. The molecule has 36 heavy (non-hydrogen) atoms. The Morgan fingerprint density at radius 3 is 2.14 bits per heavy atom. The van der Waals surface area contributed by atoms with Crippen molar-refractivity contribution in [3.05, 3.63) is 71.6 Å². The summed E-state index contributed by atoms with van der Waals surface area (Å²) in [5.74, 6) is 1.90. The van der Waals surface area contributed by atoms with Crippen molar-refractivity contribution in [2.75, 3.05) is 33.8 Å². The minimum absolute atomic E-state index is 0.232. The molecular weight excluding hydrogens is 478 g/mol. The smallest absolute Gasteiger partial charge is 0.287 e. The number of rotatable bonds is 9. The van der Waals surface area contributed by atoms with E-state index in [-0.39, 0.29) is 5.91 Å². The second-order valence-corrected chi connectivity index (χ2v) is 8.49. The SMILES string of the molecule is COc1ccc(-c2csnc2-c2cc(OC)c(OC)c(OC)c2)cc1NC(=O)[C@@H]([NH3+])c1ccccc1. The van der Waals surface area contributed by atoms with Gasteiger partial charge in [-0.1, -0.05) is 36.4 Å². The third-order valence-corrected chi connectivity index (χ3v) is 6.42. The first kappa shape index (κ1) is 25.0. The maximum Gasteiger partial charge on any atom is 0.287 e. The fourth-order valence-corrected chi connectivity index (χ4v) is 4.61. The lowest BCUT2D eigenvalue weighted by molar-refractivity contribution is -0.408. The lowest BCUT2D eigenvalue weighted by Crippen LogP contribution is -2.58. The molecule has 0 unspecified atom stereocenters. The van der Waals surface area contributed by atoms with E-state index in [4.69, 9.17) is 18.9 Å². The van der Waals surface area contributed by atoms with Gasteiger partial charge in [-0.2, -0.15) is 4.37 Å². The highest BCUT2D eigenvalue weighted by Crippen LogP contribution is 2.44. The Labute approximate surface area is 213 Å². The van der Waals surface area contributed by atoms with Crippen molar-refractivity contribution in [1.29, 1.82) is 0 Å². The number of amides is 1. The minimum atomic E-state index is -0.572. The minimum Gasteiger partial charge on any atom is -0.495 e.